The molecule has 39 heavy (non-hydrogen) atoms. The molecule has 2 amide bonds. The first-order valence-electron chi connectivity index (χ1n) is 12.1. The number of nitrogens with zero attached hydrogens (tertiary/aromatic N) is 1. The number of nitrogens with one attached hydrogen (secondary N) is 3. The van der Waals surface area contributed by atoms with Gasteiger partial charge in [0, 0.05) is 28.4 Å². The van der Waals surface area contributed by atoms with Crippen molar-refractivity contribution in [3.05, 3.63) is 77.0 Å². The number of amidine groups is 1. The summed E-state index contributed by atoms with van der Waals surface area (Å²) in [6.45, 7) is 3.68. The Balaban J connectivity index is 1.99. The van der Waals surface area contributed by atoms with E-state index in [0.29, 0.717) is 17.7 Å². The molecule has 0 saturated heterocycles. The lowest BCUT2D eigenvalue weighted by Gasteiger charge is -2.19. The van der Waals surface area contributed by atoms with Gasteiger partial charge < -0.3 is 31.3 Å². The van der Waals surface area contributed by atoms with Crippen molar-refractivity contribution in [2.45, 2.75) is 26.3 Å². The summed E-state index contributed by atoms with van der Waals surface area (Å²) in [5.41, 5.74) is 6.55. The fourth-order valence-electron chi connectivity index (χ4n) is 3.98. The molecule has 0 aliphatic rings. The van der Waals surface area contributed by atoms with Crippen molar-refractivity contribution >= 4 is 29.3 Å². The number of aromatic carboxylic acids is 1. The monoisotopic (exact) mass is 533 g/mol. The number of pyridine rings is 1. The zero-order chi connectivity index (χ0) is 28.7. The van der Waals surface area contributed by atoms with Gasteiger partial charge in [-0.1, -0.05) is 19.9 Å². The van der Waals surface area contributed by atoms with Gasteiger partial charge in [-0.25, -0.2) is 9.78 Å². The third-order valence-electron chi connectivity index (χ3n) is 5.86. The number of ether oxygens (including phenoxy) is 1. The quantitative estimate of drug-likeness (QED) is 0.160. The highest BCUT2D eigenvalue weighted by atomic mass is 16.5. The molecular weight excluding hydrogens is 502 g/mol. The molecule has 3 rings (SSSR count). The minimum absolute atomic E-state index is 0.0939. The van der Waals surface area contributed by atoms with Crippen LogP contribution in [0.25, 0.3) is 11.1 Å². The molecule has 0 spiro atoms. The standard InChI is InChI=1S/C28H31N5O6/c1-15(2)12-19(14-34)32-26(35)17-6-9-20(22(13-17)28(37)38)21-10-11-23(39-3)33-24(21)27(36)31-18-7-4-16(5-8-18)25(29)30/h4-11,13,15,19,34H,12,14H2,1-3H3,(H3,29,30)(H,31,36)(H,32,35)(H,37,38). The summed E-state index contributed by atoms with van der Waals surface area (Å²) < 4.78 is 5.17. The van der Waals surface area contributed by atoms with Crippen molar-refractivity contribution in [1.29, 1.82) is 5.41 Å². The summed E-state index contributed by atoms with van der Waals surface area (Å²) in [6.07, 6.45) is 0.555. The van der Waals surface area contributed by atoms with Gasteiger partial charge in [0.15, 0.2) is 0 Å². The maximum Gasteiger partial charge on any atom is 0.336 e. The fourth-order valence-corrected chi connectivity index (χ4v) is 3.98. The van der Waals surface area contributed by atoms with E-state index in [9.17, 15) is 24.6 Å². The second-order valence-corrected chi connectivity index (χ2v) is 9.24. The smallest absolute Gasteiger partial charge is 0.336 e. The Labute approximate surface area is 225 Å². The summed E-state index contributed by atoms with van der Waals surface area (Å²) in [7, 11) is 1.39. The van der Waals surface area contributed by atoms with Crippen LogP contribution in [0.15, 0.2) is 54.6 Å². The van der Waals surface area contributed by atoms with E-state index in [1.165, 1.54) is 37.4 Å². The third kappa shape index (κ3) is 7.17. The number of anilines is 1. The van der Waals surface area contributed by atoms with Crippen molar-refractivity contribution in [1.82, 2.24) is 10.3 Å². The van der Waals surface area contributed by atoms with Crippen molar-refractivity contribution < 1.29 is 29.3 Å². The summed E-state index contributed by atoms with van der Waals surface area (Å²) in [4.78, 5) is 42.6. The molecule has 7 N–H and O–H groups in total. The Morgan fingerprint density at radius 1 is 1.00 bits per heavy atom. The number of aromatic nitrogens is 1. The van der Waals surface area contributed by atoms with E-state index < -0.39 is 23.8 Å². The summed E-state index contributed by atoms with van der Waals surface area (Å²) in [5, 5.41) is 32.5. The van der Waals surface area contributed by atoms with Crippen LogP contribution in [0, 0.1) is 11.3 Å². The maximum absolute atomic E-state index is 13.3. The first kappa shape index (κ1) is 28.8. The largest absolute Gasteiger partial charge is 0.481 e. The number of nitrogen functional groups attached to an aromatic ring is 1. The lowest BCUT2D eigenvalue weighted by atomic mass is 9.95. The molecule has 1 aromatic heterocycles. The molecule has 0 radical (unpaired) electrons. The van der Waals surface area contributed by atoms with Crippen LogP contribution in [0.2, 0.25) is 0 Å². The van der Waals surface area contributed by atoms with Crippen LogP contribution in [0.4, 0.5) is 5.69 Å². The van der Waals surface area contributed by atoms with E-state index in [1.54, 1.807) is 24.3 Å². The van der Waals surface area contributed by atoms with Gasteiger partial charge in [0.25, 0.3) is 11.8 Å². The summed E-state index contributed by atoms with van der Waals surface area (Å²) >= 11 is 0. The predicted octanol–water partition coefficient (Wildman–Crippen LogP) is 3.13. The number of rotatable bonds is 11. The van der Waals surface area contributed by atoms with Crippen LogP contribution in [-0.4, -0.2) is 58.6 Å². The van der Waals surface area contributed by atoms with Gasteiger partial charge >= 0.3 is 5.97 Å². The highest BCUT2D eigenvalue weighted by molar-refractivity contribution is 6.10. The first-order chi connectivity index (χ1) is 18.5. The first-order valence-corrected chi connectivity index (χ1v) is 12.1. The van der Waals surface area contributed by atoms with Gasteiger partial charge in [-0.2, -0.15) is 0 Å². The van der Waals surface area contributed by atoms with Crippen LogP contribution in [0.3, 0.4) is 0 Å². The van der Waals surface area contributed by atoms with Gasteiger partial charge in [-0.3, -0.25) is 15.0 Å². The molecule has 0 bridgehead atoms. The minimum Gasteiger partial charge on any atom is -0.481 e. The highest BCUT2D eigenvalue weighted by Gasteiger charge is 2.23. The molecule has 0 aliphatic heterocycles. The SMILES string of the molecule is COc1ccc(-c2ccc(C(=O)NC(CO)CC(C)C)cc2C(=O)O)c(C(=O)Nc2ccc(C(=N)N)cc2)n1. The van der Waals surface area contributed by atoms with E-state index in [2.05, 4.69) is 15.6 Å². The Bertz CT molecular complexity index is 1390. The molecule has 0 aliphatic carbocycles. The molecule has 11 nitrogen and oxygen atoms in total. The van der Waals surface area contributed by atoms with Gasteiger partial charge in [0.2, 0.25) is 5.88 Å². The van der Waals surface area contributed by atoms with Crippen LogP contribution in [-0.2, 0) is 0 Å². The Morgan fingerprint density at radius 3 is 2.21 bits per heavy atom. The zero-order valence-electron chi connectivity index (χ0n) is 21.8. The van der Waals surface area contributed by atoms with Crippen LogP contribution in [0.1, 0.15) is 57.0 Å². The van der Waals surface area contributed by atoms with E-state index in [-0.39, 0.29) is 52.2 Å². The lowest BCUT2D eigenvalue weighted by Crippen LogP contribution is -2.38. The topological polar surface area (TPSA) is 188 Å². The van der Waals surface area contributed by atoms with Crippen molar-refractivity contribution in [2.75, 3.05) is 19.0 Å². The predicted molar refractivity (Wildman–Crippen MR) is 146 cm³/mol. The fraction of sp³-hybridized carbons (Fsp3) is 0.250. The number of methoxy groups -OCH3 is 1. The summed E-state index contributed by atoms with van der Waals surface area (Å²) in [6, 6.07) is 13.0. The molecule has 2 aromatic carbocycles. The van der Waals surface area contributed by atoms with Gasteiger partial charge in [-0.05, 0) is 60.4 Å². The average molecular weight is 534 g/mol. The Kier molecular flexibility index (Phi) is 9.34. The van der Waals surface area contributed by atoms with Crippen LogP contribution < -0.4 is 21.1 Å². The average Bonchev–Trinajstić information content (AvgIpc) is 2.91. The number of nitrogens with two attached hydrogens (primary N) is 1. The molecule has 0 saturated carbocycles. The second-order valence-electron chi connectivity index (χ2n) is 9.24. The number of benzene rings is 2. The number of carbonyl (C=O) groups excluding carboxylic acids is 2. The molecule has 11 heteroatoms. The molecule has 1 atom stereocenters. The second kappa shape index (κ2) is 12.7. The zero-order valence-corrected chi connectivity index (χ0v) is 21.8. The third-order valence-corrected chi connectivity index (χ3v) is 5.86. The van der Waals surface area contributed by atoms with Gasteiger partial charge in [0.1, 0.15) is 11.5 Å². The maximum atomic E-state index is 13.3. The van der Waals surface area contributed by atoms with Crippen LogP contribution in [0.5, 0.6) is 5.88 Å². The van der Waals surface area contributed by atoms with Crippen molar-refractivity contribution in [2.24, 2.45) is 11.7 Å². The Morgan fingerprint density at radius 2 is 1.64 bits per heavy atom. The van der Waals surface area contributed by atoms with E-state index in [4.69, 9.17) is 15.9 Å². The van der Waals surface area contributed by atoms with Gasteiger partial charge in [-0.15, -0.1) is 0 Å². The highest BCUT2D eigenvalue weighted by Crippen LogP contribution is 2.30. The van der Waals surface area contributed by atoms with E-state index in [0.717, 1.165) is 0 Å². The van der Waals surface area contributed by atoms with Gasteiger partial charge in [0.05, 0.1) is 25.3 Å². The van der Waals surface area contributed by atoms with Crippen LogP contribution >= 0.6 is 0 Å². The molecule has 204 valence electrons. The molecule has 1 heterocycles. The number of carboxylic acid groups (broad SMARTS) is 1. The number of hydrogen-bond acceptors (Lipinski definition) is 7. The number of carboxylic acids is 1. The molecular formula is C28H31N5O6. The van der Waals surface area contributed by atoms with Crippen molar-refractivity contribution in [3.8, 4) is 17.0 Å². The number of aliphatic hydroxyl groups is 1. The van der Waals surface area contributed by atoms with E-state index >= 15 is 0 Å². The minimum atomic E-state index is -1.30. The molecule has 1 unspecified atom stereocenters. The molecule has 3 aromatic rings. The molecule has 0 fully saturated rings. The van der Waals surface area contributed by atoms with E-state index in [1.807, 2.05) is 13.8 Å². The number of amides is 2. The lowest BCUT2D eigenvalue weighted by molar-refractivity contribution is 0.0697. The number of aliphatic hydroxyl groups excluding tert-OH is 1. The van der Waals surface area contributed by atoms with Crippen molar-refractivity contribution in [3.63, 3.8) is 0 Å². The Hall–Kier alpha value is -4.77. The number of hydrogen-bond donors (Lipinski definition) is 6. The normalized spacial score (nSPS) is 11.5. The number of carbonyl (C=O) groups is 3. The summed E-state index contributed by atoms with van der Waals surface area (Å²) in [5.74, 6) is -2.19.